The van der Waals surface area contributed by atoms with Gasteiger partial charge in [0.25, 0.3) is 0 Å². The van der Waals surface area contributed by atoms with Crippen molar-refractivity contribution in [1.82, 2.24) is 9.55 Å². The van der Waals surface area contributed by atoms with Crippen LogP contribution in [0.15, 0.2) is 41.5 Å². The molecule has 6 nitrogen and oxygen atoms in total. The summed E-state index contributed by atoms with van der Waals surface area (Å²) < 4.78 is 11.9. The molecule has 1 heterocycles. The highest BCUT2D eigenvalue weighted by molar-refractivity contribution is 5.43. The van der Waals surface area contributed by atoms with Crippen LogP contribution >= 0.6 is 0 Å². The molecule has 2 rings (SSSR count). The Morgan fingerprint density at radius 1 is 1.30 bits per heavy atom. The maximum absolute atomic E-state index is 11.6. The van der Waals surface area contributed by atoms with E-state index in [-0.39, 0.29) is 11.7 Å². The molecule has 1 aromatic heterocycles. The predicted molar refractivity (Wildman–Crippen MR) is 75.0 cm³/mol. The van der Waals surface area contributed by atoms with Crippen LogP contribution in [0.2, 0.25) is 0 Å². The Hall–Kier alpha value is -2.34. The first-order valence-corrected chi connectivity index (χ1v) is 6.14. The van der Waals surface area contributed by atoms with Crippen LogP contribution in [0.3, 0.4) is 0 Å². The summed E-state index contributed by atoms with van der Waals surface area (Å²) in [6.45, 7) is 0.349. The van der Waals surface area contributed by atoms with E-state index < -0.39 is 0 Å². The number of nitrogens with two attached hydrogens (primary N) is 1. The summed E-state index contributed by atoms with van der Waals surface area (Å²) in [7, 11) is 3.14. The van der Waals surface area contributed by atoms with Crippen molar-refractivity contribution in [2.45, 2.75) is 12.6 Å². The molecule has 2 N–H and O–H groups in total. The lowest BCUT2D eigenvalue weighted by Gasteiger charge is -2.15. The van der Waals surface area contributed by atoms with Crippen molar-refractivity contribution in [2.75, 3.05) is 14.2 Å². The van der Waals surface area contributed by atoms with Crippen molar-refractivity contribution in [3.8, 4) is 11.5 Å². The lowest BCUT2D eigenvalue weighted by atomic mass is 10.1. The third kappa shape index (κ3) is 2.97. The molecule has 0 saturated carbocycles. The summed E-state index contributed by atoms with van der Waals surface area (Å²) in [4.78, 5) is 15.3. The van der Waals surface area contributed by atoms with Gasteiger partial charge in [-0.15, -0.1) is 0 Å². The minimum absolute atomic E-state index is 0.316. The topological polar surface area (TPSA) is 79.4 Å². The molecule has 106 valence electrons. The van der Waals surface area contributed by atoms with E-state index in [1.807, 2.05) is 12.1 Å². The second-order valence-electron chi connectivity index (χ2n) is 4.28. The second-order valence-corrected chi connectivity index (χ2v) is 4.28. The molecule has 0 radical (unpaired) electrons. The van der Waals surface area contributed by atoms with Gasteiger partial charge in [0.2, 0.25) is 0 Å². The van der Waals surface area contributed by atoms with Crippen LogP contribution in [0.25, 0.3) is 0 Å². The van der Waals surface area contributed by atoms with Gasteiger partial charge in [0, 0.05) is 25.0 Å². The highest BCUT2D eigenvalue weighted by Gasteiger charge is 2.11. The van der Waals surface area contributed by atoms with E-state index in [1.54, 1.807) is 32.5 Å². The van der Waals surface area contributed by atoms with Crippen LogP contribution in [0.4, 0.5) is 0 Å². The average molecular weight is 275 g/mol. The zero-order valence-electron chi connectivity index (χ0n) is 11.4. The Morgan fingerprint density at radius 3 is 2.70 bits per heavy atom. The minimum atomic E-state index is -0.336. The molecular weight excluding hydrogens is 258 g/mol. The first-order valence-electron chi connectivity index (χ1n) is 6.14. The fourth-order valence-corrected chi connectivity index (χ4v) is 1.93. The number of hydrogen-bond donors (Lipinski definition) is 1. The van der Waals surface area contributed by atoms with Gasteiger partial charge in [0.05, 0.1) is 14.2 Å². The summed E-state index contributed by atoms with van der Waals surface area (Å²) >= 11 is 0. The summed E-state index contributed by atoms with van der Waals surface area (Å²) in [5.74, 6) is 1.25. The molecule has 1 aromatic carbocycles. The van der Waals surface area contributed by atoms with Crippen molar-refractivity contribution in [3.05, 3.63) is 52.7 Å². The highest BCUT2D eigenvalue weighted by atomic mass is 16.5. The summed E-state index contributed by atoms with van der Waals surface area (Å²) in [5.41, 5.74) is 6.67. The Morgan fingerprint density at radius 2 is 2.05 bits per heavy atom. The number of rotatable bonds is 5. The molecule has 0 aliphatic carbocycles. The Labute approximate surface area is 116 Å². The summed E-state index contributed by atoms with van der Waals surface area (Å²) in [5, 5.41) is 0. The molecule has 2 aromatic rings. The second kappa shape index (κ2) is 6.21. The zero-order valence-corrected chi connectivity index (χ0v) is 11.4. The Bertz CT molecular complexity index is 640. The first-order chi connectivity index (χ1) is 9.65. The van der Waals surface area contributed by atoms with Gasteiger partial charge in [-0.05, 0) is 23.8 Å². The van der Waals surface area contributed by atoms with E-state index in [0.29, 0.717) is 18.0 Å². The molecule has 0 bridgehead atoms. The van der Waals surface area contributed by atoms with E-state index in [1.165, 1.54) is 10.8 Å². The molecule has 20 heavy (non-hydrogen) atoms. The Balaban J connectivity index is 2.23. The third-order valence-corrected chi connectivity index (χ3v) is 3.01. The number of benzene rings is 1. The average Bonchev–Trinajstić information content (AvgIpc) is 2.48. The van der Waals surface area contributed by atoms with Crippen LogP contribution in [-0.4, -0.2) is 23.8 Å². The van der Waals surface area contributed by atoms with Crippen molar-refractivity contribution in [3.63, 3.8) is 0 Å². The van der Waals surface area contributed by atoms with Crippen LogP contribution < -0.4 is 20.9 Å². The van der Waals surface area contributed by atoms with E-state index in [9.17, 15) is 4.79 Å². The number of aromatic nitrogens is 2. The fourth-order valence-electron chi connectivity index (χ4n) is 1.93. The lowest BCUT2D eigenvalue weighted by Crippen LogP contribution is -2.27. The van der Waals surface area contributed by atoms with Crippen molar-refractivity contribution >= 4 is 0 Å². The molecular formula is C14H17N3O3. The van der Waals surface area contributed by atoms with E-state index in [0.717, 1.165) is 5.56 Å². The quantitative estimate of drug-likeness (QED) is 0.879. The molecule has 6 heteroatoms. The first kappa shape index (κ1) is 14.1. The summed E-state index contributed by atoms with van der Waals surface area (Å²) in [6.07, 6.45) is 3.12. The van der Waals surface area contributed by atoms with Gasteiger partial charge in [0.1, 0.15) is 0 Å². The standard InChI is InChI=1S/C14H17N3O3/c1-19-12-5-4-10(8-13(12)20-2)11(15)9-17-7-3-6-16-14(17)18/h3-8,11H,9,15H2,1-2H3. The molecule has 1 unspecified atom stereocenters. The van der Waals surface area contributed by atoms with Gasteiger partial charge in [0.15, 0.2) is 11.5 Å². The number of methoxy groups -OCH3 is 2. The number of hydrogen-bond acceptors (Lipinski definition) is 5. The highest BCUT2D eigenvalue weighted by Crippen LogP contribution is 2.29. The van der Waals surface area contributed by atoms with E-state index >= 15 is 0 Å². The number of nitrogens with zero attached hydrogens (tertiary/aromatic N) is 2. The van der Waals surface area contributed by atoms with Crippen LogP contribution in [0.1, 0.15) is 11.6 Å². The smallest absolute Gasteiger partial charge is 0.347 e. The third-order valence-electron chi connectivity index (χ3n) is 3.01. The Kier molecular flexibility index (Phi) is 4.37. The molecule has 0 aliphatic rings. The molecule has 0 saturated heterocycles. The minimum Gasteiger partial charge on any atom is -0.493 e. The molecule has 0 amide bonds. The number of ether oxygens (including phenoxy) is 2. The normalized spacial score (nSPS) is 11.9. The molecule has 0 spiro atoms. The SMILES string of the molecule is COc1ccc(C(N)Cn2cccnc2=O)cc1OC. The van der Waals surface area contributed by atoms with Crippen molar-refractivity contribution in [1.29, 1.82) is 0 Å². The molecule has 0 fully saturated rings. The van der Waals surface area contributed by atoms with Crippen LogP contribution in [-0.2, 0) is 6.54 Å². The largest absolute Gasteiger partial charge is 0.493 e. The fraction of sp³-hybridized carbons (Fsp3) is 0.286. The van der Waals surface area contributed by atoms with E-state index in [2.05, 4.69) is 4.98 Å². The van der Waals surface area contributed by atoms with Gasteiger partial charge < -0.3 is 15.2 Å². The molecule has 0 aliphatic heterocycles. The van der Waals surface area contributed by atoms with Gasteiger partial charge >= 0.3 is 5.69 Å². The maximum Gasteiger partial charge on any atom is 0.347 e. The predicted octanol–water partition coefficient (Wildman–Crippen LogP) is 0.961. The van der Waals surface area contributed by atoms with Gasteiger partial charge in [-0.25, -0.2) is 9.78 Å². The zero-order chi connectivity index (χ0) is 14.5. The van der Waals surface area contributed by atoms with Crippen LogP contribution in [0.5, 0.6) is 11.5 Å². The van der Waals surface area contributed by atoms with Crippen molar-refractivity contribution < 1.29 is 9.47 Å². The monoisotopic (exact) mass is 275 g/mol. The van der Waals surface area contributed by atoms with E-state index in [4.69, 9.17) is 15.2 Å². The van der Waals surface area contributed by atoms with Crippen LogP contribution in [0, 0.1) is 0 Å². The lowest BCUT2D eigenvalue weighted by molar-refractivity contribution is 0.354. The van der Waals surface area contributed by atoms with Gasteiger partial charge in [-0.3, -0.25) is 4.57 Å². The maximum atomic E-state index is 11.6. The van der Waals surface area contributed by atoms with Gasteiger partial charge in [-0.2, -0.15) is 0 Å². The summed E-state index contributed by atoms with van der Waals surface area (Å²) in [6, 6.07) is 6.82. The van der Waals surface area contributed by atoms with Gasteiger partial charge in [-0.1, -0.05) is 6.07 Å². The van der Waals surface area contributed by atoms with Crippen molar-refractivity contribution in [2.24, 2.45) is 5.73 Å². The molecule has 1 atom stereocenters.